The summed E-state index contributed by atoms with van der Waals surface area (Å²) in [5.41, 5.74) is 2.78. The normalized spacial score (nSPS) is 17.2. The monoisotopic (exact) mass is 358 g/mol. The SMILES string of the molecule is CSCCc1nc(CN2CCOC2=O)n(C2Cc3ccccc3C2)n1. The van der Waals surface area contributed by atoms with Gasteiger partial charge >= 0.3 is 6.09 Å². The van der Waals surface area contributed by atoms with Crippen LogP contribution in [0.4, 0.5) is 4.79 Å². The molecule has 1 saturated heterocycles. The zero-order valence-corrected chi connectivity index (χ0v) is 15.2. The van der Waals surface area contributed by atoms with Crippen molar-refractivity contribution >= 4 is 17.9 Å². The number of aromatic nitrogens is 3. The number of nitrogens with zero attached hydrogens (tertiary/aromatic N) is 4. The second-order valence-corrected chi connectivity index (χ2v) is 7.48. The van der Waals surface area contributed by atoms with Gasteiger partial charge in [-0.15, -0.1) is 0 Å². The summed E-state index contributed by atoms with van der Waals surface area (Å²) in [4.78, 5) is 18.3. The maximum atomic E-state index is 11.8. The van der Waals surface area contributed by atoms with Gasteiger partial charge in [-0.1, -0.05) is 24.3 Å². The fourth-order valence-corrected chi connectivity index (χ4v) is 3.94. The summed E-state index contributed by atoms with van der Waals surface area (Å²) in [7, 11) is 0. The molecule has 6 nitrogen and oxygen atoms in total. The Morgan fingerprint density at radius 1 is 1.28 bits per heavy atom. The number of cyclic esters (lactones) is 1. The van der Waals surface area contributed by atoms with E-state index in [0.717, 1.165) is 36.7 Å². The lowest BCUT2D eigenvalue weighted by molar-refractivity contribution is 0.156. The topological polar surface area (TPSA) is 60.3 Å². The average Bonchev–Trinajstić information content (AvgIpc) is 3.32. The molecule has 1 amide bonds. The van der Waals surface area contributed by atoms with Crippen LogP contribution in [0.3, 0.4) is 0 Å². The van der Waals surface area contributed by atoms with Gasteiger partial charge in [-0.2, -0.15) is 16.9 Å². The molecule has 1 aliphatic carbocycles. The molecule has 1 aromatic carbocycles. The van der Waals surface area contributed by atoms with Gasteiger partial charge in [0.25, 0.3) is 0 Å². The van der Waals surface area contributed by atoms with E-state index in [1.54, 1.807) is 16.7 Å². The van der Waals surface area contributed by atoms with Crippen LogP contribution in [-0.2, 0) is 30.5 Å². The van der Waals surface area contributed by atoms with Gasteiger partial charge in [0.05, 0.1) is 19.1 Å². The van der Waals surface area contributed by atoms with E-state index in [-0.39, 0.29) is 12.1 Å². The zero-order chi connectivity index (χ0) is 17.2. The van der Waals surface area contributed by atoms with E-state index in [2.05, 4.69) is 35.2 Å². The van der Waals surface area contributed by atoms with Crippen LogP contribution in [0.25, 0.3) is 0 Å². The lowest BCUT2D eigenvalue weighted by Gasteiger charge is -2.16. The fraction of sp³-hybridized carbons (Fsp3) is 0.500. The summed E-state index contributed by atoms with van der Waals surface area (Å²) in [5, 5.41) is 4.79. The summed E-state index contributed by atoms with van der Waals surface area (Å²) in [6, 6.07) is 8.85. The Morgan fingerprint density at radius 2 is 2.04 bits per heavy atom. The molecule has 0 radical (unpaired) electrons. The lowest BCUT2D eigenvalue weighted by Crippen LogP contribution is -2.27. The van der Waals surface area contributed by atoms with E-state index in [4.69, 9.17) is 14.8 Å². The number of thioether (sulfide) groups is 1. The van der Waals surface area contributed by atoms with Crippen LogP contribution in [0.5, 0.6) is 0 Å². The number of hydrogen-bond acceptors (Lipinski definition) is 5. The molecule has 2 heterocycles. The van der Waals surface area contributed by atoms with Crippen molar-refractivity contribution in [3.63, 3.8) is 0 Å². The minimum atomic E-state index is -0.255. The zero-order valence-electron chi connectivity index (χ0n) is 14.4. The molecule has 0 spiro atoms. The first-order valence-corrected chi connectivity index (χ1v) is 10.1. The van der Waals surface area contributed by atoms with Crippen molar-refractivity contribution in [1.29, 1.82) is 0 Å². The number of aryl methyl sites for hydroxylation is 1. The van der Waals surface area contributed by atoms with Crippen molar-refractivity contribution in [3.05, 3.63) is 47.0 Å². The third kappa shape index (κ3) is 3.38. The second kappa shape index (κ2) is 7.07. The van der Waals surface area contributed by atoms with E-state index < -0.39 is 0 Å². The molecule has 2 aliphatic rings. The number of hydrogen-bond donors (Lipinski definition) is 0. The van der Waals surface area contributed by atoms with Crippen LogP contribution in [0, 0.1) is 0 Å². The smallest absolute Gasteiger partial charge is 0.410 e. The maximum absolute atomic E-state index is 11.8. The van der Waals surface area contributed by atoms with Gasteiger partial charge in [0.15, 0.2) is 5.82 Å². The number of rotatable bonds is 6. The molecule has 0 bridgehead atoms. The average molecular weight is 358 g/mol. The highest BCUT2D eigenvalue weighted by Crippen LogP contribution is 2.30. The molecule has 7 heteroatoms. The summed E-state index contributed by atoms with van der Waals surface area (Å²) in [6.45, 7) is 1.55. The second-order valence-electron chi connectivity index (χ2n) is 6.50. The number of carbonyl (C=O) groups excluding carboxylic acids is 1. The highest BCUT2D eigenvalue weighted by atomic mass is 32.2. The molecular weight excluding hydrogens is 336 g/mol. The van der Waals surface area contributed by atoms with Crippen molar-refractivity contribution in [3.8, 4) is 0 Å². The lowest BCUT2D eigenvalue weighted by atomic mass is 10.1. The first-order valence-electron chi connectivity index (χ1n) is 8.66. The molecule has 25 heavy (non-hydrogen) atoms. The van der Waals surface area contributed by atoms with E-state index in [9.17, 15) is 4.79 Å². The molecule has 0 atom stereocenters. The van der Waals surface area contributed by atoms with Crippen molar-refractivity contribution in [2.75, 3.05) is 25.2 Å². The molecule has 0 saturated carbocycles. The van der Waals surface area contributed by atoms with Crippen LogP contribution < -0.4 is 0 Å². The Labute approximate surface area is 151 Å². The maximum Gasteiger partial charge on any atom is 0.410 e. The van der Waals surface area contributed by atoms with Gasteiger partial charge in [0, 0.05) is 12.2 Å². The van der Waals surface area contributed by atoms with Crippen molar-refractivity contribution in [2.24, 2.45) is 0 Å². The predicted octanol–water partition coefficient (Wildman–Crippen LogP) is 2.48. The standard InChI is InChI=1S/C18H22N4O2S/c1-25-9-6-16-19-17(12-21-7-8-24-18(21)23)22(20-16)15-10-13-4-2-3-5-14(13)11-15/h2-5,15H,6-12H2,1H3. The molecule has 132 valence electrons. The Morgan fingerprint density at radius 3 is 2.68 bits per heavy atom. The minimum absolute atomic E-state index is 0.255. The third-order valence-electron chi connectivity index (χ3n) is 4.83. The molecule has 0 N–H and O–H groups in total. The molecule has 1 fully saturated rings. The van der Waals surface area contributed by atoms with Gasteiger partial charge in [-0.05, 0) is 30.2 Å². The van der Waals surface area contributed by atoms with Crippen molar-refractivity contribution in [2.45, 2.75) is 31.8 Å². The van der Waals surface area contributed by atoms with Gasteiger partial charge in [-0.3, -0.25) is 4.90 Å². The predicted molar refractivity (Wildman–Crippen MR) is 96.8 cm³/mol. The first kappa shape index (κ1) is 16.4. The van der Waals surface area contributed by atoms with E-state index >= 15 is 0 Å². The Balaban J connectivity index is 1.59. The Kier molecular flexibility index (Phi) is 4.65. The Hall–Kier alpha value is -2.02. The van der Waals surface area contributed by atoms with Crippen molar-refractivity contribution < 1.29 is 9.53 Å². The molecule has 1 aromatic heterocycles. The van der Waals surface area contributed by atoms with Crippen LogP contribution in [0.1, 0.15) is 28.8 Å². The minimum Gasteiger partial charge on any atom is -0.448 e. The van der Waals surface area contributed by atoms with E-state index in [0.29, 0.717) is 19.7 Å². The summed E-state index contributed by atoms with van der Waals surface area (Å²) in [6.07, 6.45) is 4.63. The van der Waals surface area contributed by atoms with Crippen molar-refractivity contribution in [1.82, 2.24) is 19.7 Å². The molecule has 0 unspecified atom stereocenters. The van der Waals surface area contributed by atoms with Crippen LogP contribution in [0.15, 0.2) is 24.3 Å². The third-order valence-corrected chi connectivity index (χ3v) is 5.44. The van der Waals surface area contributed by atoms with Gasteiger partial charge < -0.3 is 4.74 Å². The number of carbonyl (C=O) groups is 1. The number of amides is 1. The quantitative estimate of drug-likeness (QED) is 0.794. The van der Waals surface area contributed by atoms with Gasteiger partial charge in [0.1, 0.15) is 12.4 Å². The highest BCUT2D eigenvalue weighted by Gasteiger charge is 2.29. The molecular formula is C18H22N4O2S. The first-order chi connectivity index (χ1) is 12.2. The fourth-order valence-electron chi connectivity index (χ4n) is 3.55. The number of benzene rings is 1. The van der Waals surface area contributed by atoms with E-state index in [1.807, 2.05) is 0 Å². The van der Waals surface area contributed by atoms with E-state index in [1.165, 1.54) is 11.1 Å². The molecule has 2 aromatic rings. The molecule has 4 rings (SSSR count). The molecule has 1 aliphatic heterocycles. The van der Waals surface area contributed by atoms with Gasteiger partial charge in [-0.25, -0.2) is 14.5 Å². The summed E-state index contributed by atoms with van der Waals surface area (Å²) >= 11 is 1.79. The van der Waals surface area contributed by atoms with Crippen LogP contribution >= 0.6 is 11.8 Å². The number of ether oxygens (including phenoxy) is 1. The highest BCUT2D eigenvalue weighted by molar-refractivity contribution is 7.98. The van der Waals surface area contributed by atoms with Crippen LogP contribution in [0.2, 0.25) is 0 Å². The number of fused-ring (bicyclic) bond motifs is 1. The Bertz CT molecular complexity index is 751. The summed E-state index contributed by atoms with van der Waals surface area (Å²) < 4.78 is 7.11. The largest absolute Gasteiger partial charge is 0.448 e. The van der Waals surface area contributed by atoms with Crippen LogP contribution in [-0.4, -0.2) is 50.9 Å². The van der Waals surface area contributed by atoms with Gasteiger partial charge in [0.2, 0.25) is 0 Å². The summed E-state index contributed by atoms with van der Waals surface area (Å²) in [5.74, 6) is 2.74.